The highest BCUT2D eigenvalue weighted by molar-refractivity contribution is 6.30. The molecule has 1 aliphatic rings. The second-order valence-electron chi connectivity index (χ2n) is 5.76. The molecule has 2 rings (SSSR count). The molecular formula is C17H23ClFN3O2. The van der Waals surface area contributed by atoms with Gasteiger partial charge in [0.05, 0.1) is 12.1 Å². The summed E-state index contributed by atoms with van der Waals surface area (Å²) < 4.78 is 13.9. The van der Waals surface area contributed by atoms with Gasteiger partial charge in [-0.15, -0.1) is 0 Å². The molecule has 132 valence electrons. The van der Waals surface area contributed by atoms with E-state index < -0.39 is 5.82 Å². The number of halogens is 2. The Bertz CT molecular complexity index is 599. The highest BCUT2D eigenvalue weighted by Gasteiger charge is 2.25. The minimum absolute atomic E-state index is 0.0343. The fraction of sp³-hybridized carbons (Fsp3) is 0.529. The lowest BCUT2D eigenvalue weighted by atomic mass is 10.1. The predicted molar refractivity (Wildman–Crippen MR) is 91.7 cm³/mol. The van der Waals surface area contributed by atoms with E-state index in [4.69, 9.17) is 11.6 Å². The number of rotatable bonds is 5. The number of benzene rings is 1. The summed E-state index contributed by atoms with van der Waals surface area (Å²) in [5, 5.41) is 0.267. The Morgan fingerprint density at radius 2 is 1.79 bits per heavy atom. The van der Waals surface area contributed by atoms with E-state index in [-0.39, 0.29) is 22.4 Å². The predicted octanol–water partition coefficient (Wildman–Crippen LogP) is 2.11. The molecule has 0 saturated carbocycles. The SMILES string of the molecule is CCN(CC)C(=O)CN1CCN(C(=O)c2ccc(Cl)cc2F)CC1. The Kier molecular flexibility index (Phi) is 6.57. The first-order valence-electron chi connectivity index (χ1n) is 8.20. The van der Waals surface area contributed by atoms with Crippen LogP contribution in [0.15, 0.2) is 18.2 Å². The van der Waals surface area contributed by atoms with Gasteiger partial charge in [0.1, 0.15) is 5.82 Å². The van der Waals surface area contributed by atoms with Crippen LogP contribution in [0.25, 0.3) is 0 Å². The molecule has 0 unspecified atom stereocenters. The zero-order chi connectivity index (χ0) is 17.7. The van der Waals surface area contributed by atoms with Gasteiger partial charge < -0.3 is 9.80 Å². The molecule has 0 atom stereocenters. The van der Waals surface area contributed by atoms with E-state index in [1.165, 1.54) is 12.1 Å². The first-order valence-corrected chi connectivity index (χ1v) is 8.58. The lowest BCUT2D eigenvalue weighted by Crippen LogP contribution is -2.51. The van der Waals surface area contributed by atoms with Crippen molar-refractivity contribution in [2.24, 2.45) is 0 Å². The average Bonchev–Trinajstić information content (AvgIpc) is 2.56. The van der Waals surface area contributed by atoms with Crippen molar-refractivity contribution in [2.45, 2.75) is 13.8 Å². The average molecular weight is 356 g/mol. The van der Waals surface area contributed by atoms with Gasteiger partial charge in [-0.25, -0.2) is 4.39 Å². The van der Waals surface area contributed by atoms with E-state index in [0.29, 0.717) is 45.8 Å². The number of amides is 2. The van der Waals surface area contributed by atoms with Crippen LogP contribution in [0.4, 0.5) is 4.39 Å². The monoisotopic (exact) mass is 355 g/mol. The first kappa shape index (κ1) is 18.7. The molecule has 0 N–H and O–H groups in total. The molecule has 1 aliphatic heterocycles. The molecule has 0 bridgehead atoms. The van der Waals surface area contributed by atoms with Gasteiger partial charge in [-0.3, -0.25) is 14.5 Å². The van der Waals surface area contributed by atoms with E-state index in [1.54, 1.807) is 9.80 Å². The number of likely N-dealkylation sites (N-methyl/N-ethyl adjacent to an activating group) is 1. The normalized spacial score (nSPS) is 15.4. The molecule has 24 heavy (non-hydrogen) atoms. The van der Waals surface area contributed by atoms with E-state index in [1.807, 2.05) is 18.7 Å². The Morgan fingerprint density at radius 3 is 2.33 bits per heavy atom. The maximum atomic E-state index is 13.9. The van der Waals surface area contributed by atoms with Gasteiger partial charge in [0.25, 0.3) is 5.91 Å². The van der Waals surface area contributed by atoms with Crippen LogP contribution in [-0.2, 0) is 4.79 Å². The zero-order valence-electron chi connectivity index (χ0n) is 14.1. The smallest absolute Gasteiger partial charge is 0.256 e. The molecule has 1 fully saturated rings. The van der Waals surface area contributed by atoms with Crippen LogP contribution in [0.1, 0.15) is 24.2 Å². The highest BCUT2D eigenvalue weighted by Crippen LogP contribution is 2.17. The van der Waals surface area contributed by atoms with Crippen molar-refractivity contribution >= 4 is 23.4 Å². The fourth-order valence-electron chi connectivity index (χ4n) is 2.81. The molecule has 7 heteroatoms. The van der Waals surface area contributed by atoms with E-state index in [2.05, 4.69) is 0 Å². The topological polar surface area (TPSA) is 43.9 Å². The van der Waals surface area contributed by atoms with Crippen molar-refractivity contribution in [1.29, 1.82) is 0 Å². The van der Waals surface area contributed by atoms with Crippen molar-refractivity contribution in [2.75, 3.05) is 45.8 Å². The molecule has 1 heterocycles. The summed E-state index contributed by atoms with van der Waals surface area (Å²) in [7, 11) is 0. The van der Waals surface area contributed by atoms with Crippen LogP contribution < -0.4 is 0 Å². The van der Waals surface area contributed by atoms with Gasteiger partial charge in [-0.2, -0.15) is 0 Å². The van der Waals surface area contributed by atoms with Gasteiger partial charge >= 0.3 is 0 Å². The molecule has 0 radical (unpaired) electrons. The Morgan fingerprint density at radius 1 is 1.17 bits per heavy atom. The van der Waals surface area contributed by atoms with Crippen LogP contribution in [0.2, 0.25) is 5.02 Å². The van der Waals surface area contributed by atoms with Crippen molar-refractivity contribution < 1.29 is 14.0 Å². The van der Waals surface area contributed by atoms with Crippen LogP contribution >= 0.6 is 11.6 Å². The third-order valence-corrected chi connectivity index (χ3v) is 4.53. The minimum atomic E-state index is -0.605. The van der Waals surface area contributed by atoms with Crippen LogP contribution in [0.3, 0.4) is 0 Å². The number of nitrogens with zero attached hydrogens (tertiary/aromatic N) is 3. The Balaban J connectivity index is 1.90. The molecule has 0 aliphatic carbocycles. The minimum Gasteiger partial charge on any atom is -0.342 e. The van der Waals surface area contributed by atoms with Gasteiger partial charge in [0.15, 0.2) is 0 Å². The number of hydrogen-bond acceptors (Lipinski definition) is 3. The van der Waals surface area contributed by atoms with Crippen molar-refractivity contribution in [3.8, 4) is 0 Å². The van der Waals surface area contributed by atoms with Crippen molar-refractivity contribution in [1.82, 2.24) is 14.7 Å². The van der Waals surface area contributed by atoms with Gasteiger partial charge in [-0.05, 0) is 32.0 Å². The molecular weight excluding hydrogens is 333 g/mol. The highest BCUT2D eigenvalue weighted by atomic mass is 35.5. The Labute approximate surface area is 147 Å². The lowest BCUT2D eigenvalue weighted by Gasteiger charge is -2.35. The lowest BCUT2D eigenvalue weighted by molar-refractivity contribution is -0.132. The first-order chi connectivity index (χ1) is 11.5. The summed E-state index contributed by atoms with van der Waals surface area (Å²) in [6.07, 6.45) is 0. The summed E-state index contributed by atoms with van der Waals surface area (Å²) in [6.45, 7) is 7.84. The van der Waals surface area contributed by atoms with E-state index >= 15 is 0 Å². The van der Waals surface area contributed by atoms with E-state index in [9.17, 15) is 14.0 Å². The zero-order valence-corrected chi connectivity index (χ0v) is 14.9. The third kappa shape index (κ3) is 4.45. The van der Waals surface area contributed by atoms with Crippen molar-refractivity contribution in [3.63, 3.8) is 0 Å². The van der Waals surface area contributed by atoms with Crippen LogP contribution in [0, 0.1) is 5.82 Å². The number of carbonyl (C=O) groups excluding carboxylic acids is 2. The molecule has 0 aromatic heterocycles. The molecule has 1 aromatic carbocycles. The van der Waals surface area contributed by atoms with Gasteiger partial charge in [0, 0.05) is 44.3 Å². The number of piperazine rings is 1. The molecule has 5 nitrogen and oxygen atoms in total. The fourth-order valence-corrected chi connectivity index (χ4v) is 2.97. The maximum absolute atomic E-state index is 13.9. The standard InChI is InChI=1S/C17H23ClFN3O2/c1-3-21(4-2)16(23)12-20-7-9-22(10-8-20)17(24)14-6-5-13(18)11-15(14)19/h5-6,11H,3-4,7-10,12H2,1-2H3. The second kappa shape index (κ2) is 8.44. The summed E-state index contributed by atoms with van der Waals surface area (Å²) in [6, 6.07) is 4.07. The quantitative estimate of drug-likeness (QED) is 0.812. The second-order valence-corrected chi connectivity index (χ2v) is 6.19. The van der Waals surface area contributed by atoms with Crippen LogP contribution in [-0.4, -0.2) is 72.3 Å². The maximum Gasteiger partial charge on any atom is 0.256 e. The van der Waals surface area contributed by atoms with E-state index in [0.717, 1.165) is 6.07 Å². The Hall–Kier alpha value is -1.66. The molecule has 1 aromatic rings. The largest absolute Gasteiger partial charge is 0.342 e. The van der Waals surface area contributed by atoms with Crippen LogP contribution in [0.5, 0.6) is 0 Å². The summed E-state index contributed by atoms with van der Waals surface area (Å²) in [5.41, 5.74) is 0.0343. The third-order valence-electron chi connectivity index (χ3n) is 4.30. The summed E-state index contributed by atoms with van der Waals surface area (Å²) in [5.74, 6) is -0.839. The molecule has 1 saturated heterocycles. The van der Waals surface area contributed by atoms with Gasteiger partial charge in [-0.1, -0.05) is 11.6 Å². The summed E-state index contributed by atoms with van der Waals surface area (Å²) >= 11 is 5.72. The molecule has 0 spiro atoms. The van der Waals surface area contributed by atoms with Gasteiger partial charge in [0.2, 0.25) is 5.91 Å². The summed E-state index contributed by atoms with van der Waals surface area (Å²) in [4.78, 5) is 30.0. The number of carbonyl (C=O) groups is 2. The molecule has 2 amide bonds. The number of hydrogen-bond donors (Lipinski definition) is 0. The van der Waals surface area contributed by atoms with Crippen molar-refractivity contribution in [3.05, 3.63) is 34.6 Å².